The molecule has 0 fully saturated rings. The number of aromatic nitrogens is 1. The van der Waals surface area contributed by atoms with Crippen molar-refractivity contribution in [3.8, 4) is 0 Å². The van der Waals surface area contributed by atoms with E-state index in [1.807, 2.05) is 0 Å². The monoisotopic (exact) mass is 211 g/mol. The largest absolute Gasteiger partial charge is 0.468 e. The fourth-order valence-corrected chi connectivity index (χ4v) is 1.09. The number of halogens is 1. The second kappa shape index (κ2) is 4.63. The number of carbonyl (C=O) groups excluding carboxylic acids is 2. The first-order valence-electron chi connectivity index (χ1n) is 4.29. The van der Waals surface area contributed by atoms with Gasteiger partial charge in [0.25, 0.3) is 0 Å². The van der Waals surface area contributed by atoms with Gasteiger partial charge in [0.15, 0.2) is 11.6 Å². The predicted molar refractivity (Wildman–Crippen MR) is 49.7 cm³/mol. The Hall–Kier alpha value is -1.78. The average Bonchev–Trinajstić information content (AvgIpc) is 2.26. The number of rotatable bonds is 3. The fraction of sp³-hybridized carbons (Fsp3) is 0.300. The van der Waals surface area contributed by atoms with Crippen LogP contribution in [0.25, 0.3) is 0 Å². The van der Waals surface area contributed by atoms with Gasteiger partial charge in [0.2, 0.25) is 0 Å². The Bertz CT molecular complexity index is 392. The first kappa shape index (κ1) is 11.3. The molecule has 0 spiro atoms. The molecule has 0 bridgehead atoms. The molecule has 0 aliphatic carbocycles. The van der Waals surface area contributed by atoms with Gasteiger partial charge in [-0.2, -0.15) is 0 Å². The van der Waals surface area contributed by atoms with E-state index in [1.165, 1.54) is 26.3 Å². The van der Waals surface area contributed by atoms with E-state index in [2.05, 4.69) is 9.72 Å². The van der Waals surface area contributed by atoms with Crippen molar-refractivity contribution in [2.45, 2.75) is 6.92 Å². The molecular weight excluding hydrogens is 201 g/mol. The lowest BCUT2D eigenvalue weighted by molar-refractivity contribution is -0.143. The van der Waals surface area contributed by atoms with Gasteiger partial charge in [0, 0.05) is 6.20 Å². The van der Waals surface area contributed by atoms with E-state index in [-0.39, 0.29) is 5.56 Å². The van der Waals surface area contributed by atoms with Crippen molar-refractivity contribution in [3.63, 3.8) is 0 Å². The summed E-state index contributed by atoms with van der Waals surface area (Å²) in [4.78, 5) is 26.2. The van der Waals surface area contributed by atoms with Gasteiger partial charge in [-0.25, -0.2) is 4.39 Å². The van der Waals surface area contributed by atoms with Crippen LogP contribution in [0.5, 0.6) is 0 Å². The summed E-state index contributed by atoms with van der Waals surface area (Å²) in [5.74, 6) is -3.04. The SMILES string of the molecule is COC(=O)C(C)C(=O)c1ccncc1F. The fourth-order valence-electron chi connectivity index (χ4n) is 1.09. The highest BCUT2D eigenvalue weighted by molar-refractivity contribution is 6.08. The lowest BCUT2D eigenvalue weighted by Gasteiger charge is -2.08. The van der Waals surface area contributed by atoms with Crippen molar-refractivity contribution in [3.05, 3.63) is 29.8 Å². The minimum absolute atomic E-state index is 0.150. The van der Waals surface area contributed by atoms with Crippen molar-refractivity contribution in [2.24, 2.45) is 5.92 Å². The maximum Gasteiger partial charge on any atom is 0.316 e. The summed E-state index contributed by atoms with van der Waals surface area (Å²) in [6.45, 7) is 1.37. The number of nitrogens with zero attached hydrogens (tertiary/aromatic N) is 1. The zero-order valence-electron chi connectivity index (χ0n) is 8.36. The van der Waals surface area contributed by atoms with Crippen LogP contribution in [-0.2, 0) is 9.53 Å². The molecule has 5 heteroatoms. The zero-order chi connectivity index (χ0) is 11.4. The quantitative estimate of drug-likeness (QED) is 0.428. The van der Waals surface area contributed by atoms with Crippen molar-refractivity contribution >= 4 is 11.8 Å². The van der Waals surface area contributed by atoms with Gasteiger partial charge in [0.05, 0.1) is 18.9 Å². The molecular formula is C10H10FNO3. The van der Waals surface area contributed by atoms with Crippen LogP contribution in [0.15, 0.2) is 18.5 Å². The second-order valence-corrected chi connectivity index (χ2v) is 2.96. The number of esters is 1. The summed E-state index contributed by atoms with van der Waals surface area (Å²) < 4.78 is 17.5. The molecule has 15 heavy (non-hydrogen) atoms. The highest BCUT2D eigenvalue weighted by Crippen LogP contribution is 2.12. The number of hydrogen-bond donors (Lipinski definition) is 0. The minimum atomic E-state index is -1.01. The van der Waals surface area contributed by atoms with E-state index in [0.717, 1.165) is 6.20 Å². The Labute approximate surface area is 86.1 Å². The third-order valence-corrected chi connectivity index (χ3v) is 1.99. The summed E-state index contributed by atoms with van der Waals surface area (Å²) in [7, 11) is 1.18. The molecule has 1 atom stereocenters. The standard InChI is InChI=1S/C10H10FNO3/c1-6(10(14)15-2)9(13)7-3-4-12-5-8(7)11/h3-6H,1-2H3. The van der Waals surface area contributed by atoms with Crippen molar-refractivity contribution in [2.75, 3.05) is 7.11 Å². The molecule has 1 heterocycles. The first-order chi connectivity index (χ1) is 7.07. The molecule has 0 aliphatic heterocycles. The molecule has 80 valence electrons. The van der Waals surface area contributed by atoms with E-state index in [4.69, 9.17) is 0 Å². The van der Waals surface area contributed by atoms with Gasteiger partial charge in [-0.15, -0.1) is 0 Å². The van der Waals surface area contributed by atoms with Gasteiger partial charge in [-0.3, -0.25) is 14.6 Å². The van der Waals surface area contributed by atoms with Crippen LogP contribution in [0.2, 0.25) is 0 Å². The van der Waals surface area contributed by atoms with Gasteiger partial charge >= 0.3 is 5.97 Å². The molecule has 1 aromatic rings. The van der Waals surface area contributed by atoms with E-state index in [9.17, 15) is 14.0 Å². The number of methoxy groups -OCH3 is 1. The Balaban J connectivity index is 2.95. The van der Waals surface area contributed by atoms with Crippen molar-refractivity contribution < 1.29 is 18.7 Å². The molecule has 0 aromatic carbocycles. The van der Waals surface area contributed by atoms with Crippen LogP contribution in [0.1, 0.15) is 17.3 Å². The van der Waals surface area contributed by atoms with E-state index < -0.39 is 23.5 Å². The van der Waals surface area contributed by atoms with Crippen LogP contribution < -0.4 is 0 Å². The first-order valence-corrected chi connectivity index (χ1v) is 4.29. The van der Waals surface area contributed by atoms with Gasteiger partial charge < -0.3 is 4.74 Å². The Kier molecular flexibility index (Phi) is 3.49. The third-order valence-electron chi connectivity index (χ3n) is 1.99. The number of pyridine rings is 1. The van der Waals surface area contributed by atoms with Gasteiger partial charge in [-0.1, -0.05) is 0 Å². The van der Waals surface area contributed by atoms with E-state index >= 15 is 0 Å². The van der Waals surface area contributed by atoms with E-state index in [1.54, 1.807) is 0 Å². The maximum absolute atomic E-state index is 13.1. The normalized spacial score (nSPS) is 11.9. The van der Waals surface area contributed by atoms with E-state index in [0.29, 0.717) is 0 Å². The molecule has 0 saturated heterocycles. The van der Waals surface area contributed by atoms with Crippen molar-refractivity contribution in [1.29, 1.82) is 0 Å². The zero-order valence-corrected chi connectivity index (χ0v) is 8.36. The lowest BCUT2D eigenvalue weighted by atomic mass is 10.0. The number of Topliss-reactive ketones (excluding diaryl/α,β-unsaturated/α-hetero) is 1. The Morgan fingerprint density at radius 2 is 2.20 bits per heavy atom. The molecule has 1 aromatic heterocycles. The summed E-state index contributed by atoms with van der Waals surface area (Å²) in [5, 5.41) is 0. The predicted octanol–water partition coefficient (Wildman–Crippen LogP) is 1.21. The summed E-state index contributed by atoms with van der Waals surface area (Å²) in [6.07, 6.45) is 2.22. The average molecular weight is 211 g/mol. The topological polar surface area (TPSA) is 56.3 Å². The molecule has 0 amide bonds. The molecule has 4 nitrogen and oxygen atoms in total. The van der Waals surface area contributed by atoms with Crippen LogP contribution in [0.4, 0.5) is 4.39 Å². The Morgan fingerprint density at radius 3 is 2.73 bits per heavy atom. The summed E-state index contributed by atoms with van der Waals surface area (Å²) in [5.41, 5.74) is -0.150. The Morgan fingerprint density at radius 1 is 1.53 bits per heavy atom. The highest BCUT2D eigenvalue weighted by Gasteiger charge is 2.25. The van der Waals surface area contributed by atoms with Gasteiger partial charge in [-0.05, 0) is 13.0 Å². The smallest absolute Gasteiger partial charge is 0.316 e. The van der Waals surface area contributed by atoms with Crippen LogP contribution >= 0.6 is 0 Å². The number of ketones is 1. The third kappa shape index (κ3) is 2.37. The van der Waals surface area contributed by atoms with Crippen LogP contribution in [-0.4, -0.2) is 23.8 Å². The highest BCUT2D eigenvalue weighted by atomic mass is 19.1. The maximum atomic E-state index is 13.1. The number of hydrogen-bond acceptors (Lipinski definition) is 4. The van der Waals surface area contributed by atoms with Crippen LogP contribution in [0, 0.1) is 11.7 Å². The molecule has 1 rings (SSSR count). The lowest BCUT2D eigenvalue weighted by Crippen LogP contribution is -2.23. The second-order valence-electron chi connectivity index (χ2n) is 2.96. The minimum Gasteiger partial charge on any atom is -0.468 e. The summed E-state index contributed by atoms with van der Waals surface area (Å²) >= 11 is 0. The number of ether oxygens (including phenoxy) is 1. The molecule has 1 unspecified atom stereocenters. The summed E-state index contributed by atoms with van der Waals surface area (Å²) in [6, 6.07) is 1.23. The molecule has 0 saturated carbocycles. The molecule has 0 radical (unpaired) electrons. The van der Waals surface area contributed by atoms with Crippen molar-refractivity contribution in [1.82, 2.24) is 4.98 Å². The molecule has 0 N–H and O–H groups in total. The molecule has 0 aliphatic rings. The van der Waals surface area contributed by atoms with Crippen LogP contribution in [0.3, 0.4) is 0 Å². The number of carbonyl (C=O) groups is 2. The van der Waals surface area contributed by atoms with Gasteiger partial charge in [0.1, 0.15) is 5.92 Å².